The van der Waals surface area contributed by atoms with Gasteiger partial charge >= 0.3 is 6.18 Å². The highest BCUT2D eigenvalue weighted by molar-refractivity contribution is 5.95. The van der Waals surface area contributed by atoms with Crippen molar-refractivity contribution in [2.75, 3.05) is 13.1 Å². The van der Waals surface area contributed by atoms with Crippen LogP contribution in [0.3, 0.4) is 0 Å². The van der Waals surface area contributed by atoms with Crippen LogP contribution in [0.15, 0.2) is 30.5 Å². The zero-order valence-electron chi connectivity index (χ0n) is 16.0. The molecule has 1 unspecified atom stereocenters. The maximum absolute atomic E-state index is 13.0. The van der Waals surface area contributed by atoms with Crippen molar-refractivity contribution < 1.29 is 18.0 Å². The summed E-state index contributed by atoms with van der Waals surface area (Å²) < 4.78 is 40.3. The number of nitrogens with zero attached hydrogens (tertiary/aromatic N) is 3. The molecule has 1 aliphatic rings. The summed E-state index contributed by atoms with van der Waals surface area (Å²) in [4.78, 5) is 14.7. The van der Waals surface area contributed by atoms with Crippen LogP contribution in [-0.2, 0) is 6.18 Å². The molecule has 1 aromatic carbocycles. The molecule has 1 amide bonds. The van der Waals surface area contributed by atoms with Gasteiger partial charge in [-0.25, -0.2) is 4.68 Å². The molecule has 0 spiro atoms. The second-order valence-corrected chi connectivity index (χ2v) is 7.71. The second-order valence-electron chi connectivity index (χ2n) is 7.71. The third-order valence-corrected chi connectivity index (χ3v) is 5.26. The molecule has 5 nitrogen and oxygen atoms in total. The van der Waals surface area contributed by atoms with Crippen LogP contribution in [0.1, 0.15) is 41.9 Å². The molecule has 0 radical (unpaired) electrons. The number of amides is 1. The average Bonchev–Trinajstić information content (AvgIpc) is 2.97. The molecule has 1 saturated heterocycles. The highest BCUT2D eigenvalue weighted by Crippen LogP contribution is 2.31. The number of alkyl halides is 3. The molecular formula is C19H24ClF3N4O. The number of carbonyl (C=O) groups excluding carboxylic acids is 1. The van der Waals surface area contributed by atoms with E-state index in [-0.39, 0.29) is 35.5 Å². The van der Waals surface area contributed by atoms with Gasteiger partial charge < -0.3 is 10.6 Å². The average molecular weight is 417 g/mol. The molecular weight excluding hydrogens is 393 g/mol. The van der Waals surface area contributed by atoms with Crippen molar-refractivity contribution in [3.05, 3.63) is 47.3 Å². The van der Waals surface area contributed by atoms with Crippen molar-refractivity contribution in [3.63, 3.8) is 0 Å². The van der Waals surface area contributed by atoms with Gasteiger partial charge in [-0.15, -0.1) is 12.4 Å². The van der Waals surface area contributed by atoms with E-state index >= 15 is 0 Å². The predicted molar refractivity (Wildman–Crippen MR) is 103 cm³/mol. The summed E-state index contributed by atoms with van der Waals surface area (Å²) in [6.45, 7) is 6.81. The molecule has 2 N–H and O–H groups in total. The van der Waals surface area contributed by atoms with Crippen molar-refractivity contribution >= 4 is 18.3 Å². The summed E-state index contributed by atoms with van der Waals surface area (Å²) >= 11 is 0. The van der Waals surface area contributed by atoms with Gasteiger partial charge in [-0.05, 0) is 37.0 Å². The van der Waals surface area contributed by atoms with Gasteiger partial charge in [0.05, 0.1) is 28.7 Å². The lowest BCUT2D eigenvalue weighted by Crippen LogP contribution is -2.54. The van der Waals surface area contributed by atoms with E-state index in [1.165, 1.54) is 23.0 Å². The van der Waals surface area contributed by atoms with Crippen LogP contribution in [0.5, 0.6) is 0 Å². The third-order valence-electron chi connectivity index (χ3n) is 5.26. The van der Waals surface area contributed by atoms with Gasteiger partial charge in [0.25, 0.3) is 5.91 Å². The van der Waals surface area contributed by atoms with E-state index in [2.05, 4.69) is 5.10 Å². The number of halogens is 4. The number of aromatic nitrogens is 2. The zero-order valence-corrected chi connectivity index (χ0v) is 16.8. The Balaban J connectivity index is 0.00000280. The van der Waals surface area contributed by atoms with E-state index in [9.17, 15) is 18.0 Å². The molecule has 0 saturated carbocycles. The fourth-order valence-corrected chi connectivity index (χ4v) is 3.41. The smallest absolute Gasteiger partial charge is 0.338 e. The monoisotopic (exact) mass is 416 g/mol. The first-order valence-corrected chi connectivity index (χ1v) is 8.78. The van der Waals surface area contributed by atoms with Gasteiger partial charge in [0.15, 0.2) is 0 Å². The molecule has 28 heavy (non-hydrogen) atoms. The quantitative estimate of drug-likeness (QED) is 0.809. The Bertz CT molecular complexity index is 863. The first-order chi connectivity index (χ1) is 12.5. The minimum atomic E-state index is -4.44. The molecule has 9 heteroatoms. The SMILES string of the molecule is Cc1c(C(=O)N2CCC(N)C(C)(C)C2)cnn1-c1cccc(C(F)(F)F)c1.Cl. The molecule has 1 aromatic heterocycles. The van der Waals surface area contributed by atoms with E-state index < -0.39 is 11.7 Å². The highest BCUT2D eigenvalue weighted by Gasteiger charge is 2.36. The molecule has 0 bridgehead atoms. The predicted octanol–water partition coefficient (Wildman–Crippen LogP) is 3.82. The Hall–Kier alpha value is -2.06. The Morgan fingerprint density at radius 1 is 1.32 bits per heavy atom. The first-order valence-electron chi connectivity index (χ1n) is 8.78. The third kappa shape index (κ3) is 4.17. The number of hydrogen-bond acceptors (Lipinski definition) is 3. The number of hydrogen-bond donors (Lipinski definition) is 1. The van der Waals surface area contributed by atoms with Gasteiger partial charge in [0.1, 0.15) is 0 Å². The molecule has 2 aromatic rings. The van der Waals surface area contributed by atoms with Gasteiger partial charge in [-0.3, -0.25) is 4.79 Å². The number of rotatable bonds is 2. The van der Waals surface area contributed by atoms with Crippen LogP contribution in [0, 0.1) is 12.3 Å². The summed E-state index contributed by atoms with van der Waals surface area (Å²) in [5.41, 5.74) is 6.34. The lowest BCUT2D eigenvalue weighted by Gasteiger charge is -2.42. The van der Waals surface area contributed by atoms with Gasteiger partial charge in [0.2, 0.25) is 0 Å². The largest absolute Gasteiger partial charge is 0.416 e. The molecule has 1 aliphatic heterocycles. The fraction of sp³-hybridized carbons (Fsp3) is 0.474. The van der Waals surface area contributed by atoms with Crippen molar-refractivity contribution in [1.29, 1.82) is 0 Å². The normalized spacial score (nSPS) is 19.2. The van der Waals surface area contributed by atoms with E-state index in [0.717, 1.165) is 12.1 Å². The van der Waals surface area contributed by atoms with Crippen molar-refractivity contribution in [2.45, 2.75) is 39.4 Å². The van der Waals surface area contributed by atoms with Crippen LogP contribution in [0.25, 0.3) is 5.69 Å². The molecule has 154 valence electrons. The lowest BCUT2D eigenvalue weighted by atomic mass is 9.79. The van der Waals surface area contributed by atoms with Crippen molar-refractivity contribution in [2.24, 2.45) is 11.1 Å². The van der Waals surface area contributed by atoms with Gasteiger partial charge in [0, 0.05) is 19.1 Å². The Labute approximate surface area is 168 Å². The number of likely N-dealkylation sites (tertiary alicyclic amines) is 1. The van der Waals surface area contributed by atoms with Gasteiger partial charge in [-0.1, -0.05) is 19.9 Å². The fourth-order valence-electron chi connectivity index (χ4n) is 3.41. The molecule has 1 atom stereocenters. The van der Waals surface area contributed by atoms with E-state index in [0.29, 0.717) is 30.8 Å². The van der Waals surface area contributed by atoms with Crippen LogP contribution in [0.2, 0.25) is 0 Å². The van der Waals surface area contributed by atoms with Gasteiger partial charge in [-0.2, -0.15) is 18.3 Å². The van der Waals surface area contributed by atoms with E-state index in [4.69, 9.17) is 5.73 Å². The maximum Gasteiger partial charge on any atom is 0.416 e. The van der Waals surface area contributed by atoms with Crippen LogP contribution in [0.4, 0.5) is 13.2 Å². The standard InChI is InChI=1S/C19H23F3N4O.ClH/c1-12-15(17(27)25-8-7-16(23)18(2,3)11-25)10-24-26(12)14-6-4-5-13(9-14)19(20,21)22;/h4-6,9-10,16H,7-8,11,23H2,1-3H3;1H. The van der Waals surface area contributed by atoms with E-state index in [1.807, 2.05) is 13.8 Å². The number of benzene rings is 1. The molecule has 0 aliphatic carbocycles. The maximum atomic E-state index is 13.0. The number of piperidine rings is 1. The highest BCUT2D eigenvalue weighted by atomic mass is 35.5. The van der Waals surface area contributed by atoms with Crippen LogP contribution in [-0.4, -0.2) is 39.7 Å². The zero-order chi connectivity index (χ0) is 20.0. The second kappa shape index (κ2) is 7.75. The minimum absolute atomic E-state index is 0. The summed E-state index contributed by atoms with van der Waals surface area (Å²) in [5.74, 6) is -0.175. The minimum Gasteiger partial charge on any atom is -0.338 e. The first kappa shape index (κ1) is 22.2. The summed E-state index contributed by atoms with van der Waals surface area (Å²) in [6.07, 6.45) is -2.31. The number of carbonyl (C=O) groups is 1. The van der Waals surface area contributed by atoms with E-state index in [1.54, 1.807) is 11.8 Å². The van der Waals surface area contributed by atoms with Crippen LogP contribution >= 0.6 is 12.4 Å². The molecule has 1 fully saturated rings. The Morgan fingerprint density at radius 2 is 2.00 bits per heavy atom. The van der Waals surface area contributed by atoms with Crippen LogP contribution < -0.4 is 5.73 Å². The van der Waals surface area contributed by atoms with Crippen molar-refractivity contribution in [3.8, 4) is 5.69 Å². The lowest BCUT2D eigenvalue weighted by molar-refractivity contribution is -0.137. The summed E-state index contributed by atoms with van der Waals surface area (Å²) in [6, 6.07) is 4.92. The topological polar surface area (TPSA) is 64.2 Å². The summed E-state index contributed by atoms with van der Waals surface area (Å²) in [7, 11) is 0. The Morgan fingerprint density at radius 3 is 2.61 bits per heavy atom. The molecule has 3 rings (SSSR count). The summed E-state index contributed by atoms with van der Waals surface area (Å²) in [5, 5.41) is 4.15. The Kier molecular flexibility index (Phi) is 6.16. The number of nitrogens with two attached hydrogens (primary N) is 1. The molecule has 2 heterocycles. The van der Waals surface area contributed by atoms with Crippen molar-refractivity contribution in [1.82, 2.24) is 14.7 Å².